The number of rotatable bonds is 2. The van der Waals surface area contributed by atoms with Gasteiger partial charge in [0, 0.05) is 19.0 Å². The van der Waals surface area contributed by atoms with Gasteiger partial charge >= 0.3 is 0 Å². The Labute approximate surface area is 116 Å². The Bertz CT molecular complexity index is 673. The molecule has 0 bridgehead atoms. The molecule has 2 aromatic heterocycles. The van der Waals surface area contributed by atoms with E-state index < -0.39 is 5.54 Å². The van der Waals surface area contributed by atoms with Crippen molar-refractivity contribution in [2.75, 3.05) is 18.5 Å². The molecule has 2 aromatic rings. The summed E-state index contributed by atoms with van der Waals surface area (Å²) in [7, 11) is 1.84. The summed E-state index contributed by atoms with van der Waals surface area (Å²) in [6, 6.07) is 1.86. The summed E-state index contributed by atoms with van der Waals surface area (Å²) in [4.78, 5) is 16.5. The zero-order valence-corrected chi connectivity index (χ0v) is 11.5. The molecule has 0 aromatic carbocycles. The first-order valence-corrected chi connectivity index (χ1v) is 6.47. The minimum atomic E-state index is -0.945. The number of carbonyl (C=O) groups excluding carboxylic acids is 1. The number of amides is 1. The van der Waals surface area contributed by atoms with Gasteiger partial charge in [-0.15, -0.1) is 0 Å². The van der Waals surface area contributed by atoms with Crippen LogP contribution in [0.4, 0.5) is 5.69 Å². The van der Waals surface area contributed by atoms with Crippen LogP contribution in [-0.4, -0.2) is 39.4 Å². The first-order valence-electron chi connectivity index (χ1n) is 6.47. The van der Waals surface area contributed by atoms with Gasteiger partial charge in [0.1, 0.15) is 5.54 Å². The van der Waals surface area contributed by atoms with Gasteiger partial charge in [-0.05, 0) is 19.4 Å². The van der Waals surface area contributed by atoms with Crippen LogP contribution in [0.1, 0.15) is 12.1 Å². The number of anilines is 1. The molecular formula is C13H17N5O2. The molecule has 1 fully saturated rings. The number of carbonyl (C=O) groups is 1. The van der Waals surface area contributed by atoms with Crippen molar-refractivity contribution in [2.45, 2.75) is 18.9 Å². The smallest absolute Gasteiger partial charge is 0.246 e. The summed E-state index contributed by atoms with van der Waals surface area (Å²) in [5.74, 6) is -0.238. The highest BCUT2D eigenvalue weighted by atomic mass is 16.5. The van der Waals surface area contributed by atoms with Crippen LogP contribution >= 0.6 is 0 Å². The molecule has 106 valence electrons. The minimum Gasteiger partial charge on any atom is -0.379 e. The maximum atomic E-state index is 12.2. The molecule has 0 radical (unpaired) electrons. The molecule has 1 atom stereocenters. The molecule has 0 spiro atoms. The van der Waals surface area contributed by atoms with Crippen LogP contribution in [-0.2, 0) is 16.6 Å². The average Bonchev–Trinajstić information content (AvgIpc) is 2.96. The number of hydrogen-bond donors (Lipinski definition) is 2. The Morgan fingerprint density at radius 2 is 2.40 bits per heavy atom. The van der Waals surface area contributed by atoms with Crippen LogP contribution in [0.25, 0.3) is 11.0 Å². The maximum absolute atomic E-state index is 12.2. The van der Waals surface area contributed by atoms with Crippen LogP contribution < -0.4 is 11.1 Å². The van der Waals surface area contributed by atoms with Crippen LogP contribution in [0.5, 0.6) is 0 Å². The van der Waals surface area contributed by atoms with E-state index in [0.717, 1.165) is 16.7 Å². The fourth-order valence-corrected chi connectivity index (χ4v) is 2.39. The van der Waals surface area contributed by atoms with Crippen molar-refractivity contribution in [1.82, 2.24) is 14.8 Å². The third kappa shape index (κ3) is 2.04. The first kappa shape index (κ1) is 13.0. The number of nitrogens with one attached hydrogen (secondary N) is 1. The van der Waals surface area contributed by atoms with E-state index in [1.54, 1.807) is 10.9 Å². The van der Waals surface area contributed by atoms with Gasteiger partial charge < -0.3 is 15.8 Å². The van der Waals surface area contributed by atoms with E-state index in [-0.39, 0.29) is 12.5 Å². The monoisotopic (exact) mass is 275 g/mol. The molecule has 0 aliphatic carbocycles. The van der Waals surface area contributed by atoms with Crippen molar-refractivity contribution in [2.24, 2.45) is 12.8 Å². The van der Waals surface area contributed by atoms with Crippen LogP contribution in [0, 0.1) is 6.92 Å². The maximum Gasteiger partial charge on any atom is 0.246 e. The summed E-state index contributed by atoms with van der Waals surface area (Å²) in [6.07, 6.45) is 2.14. The van der Waals surface area contributed by atoms with Crippen molar-refractivity contribution < 1.29 is 9.53 Å². The van der Waals surface area contributed by atoms with E-state index in [0.29, 0.717) is 18.7 Å². The molecule has 7 heteroatoms. The summed E-state index contributed by atoms with van der Waals surface area (Å²) in [5, 5.41) is 8.02. The molecule has 1 unspecified atom stereocenters. The highest BCUT2D eigenvalue weighted by Crippen LogP contribution is 2.22. The Kier molecular flexibility index (Phi) is 2.95. The molecular weight excluding hydrogens is 258 g/mol. The molecule has 1 saturated heterocycles. The van der Waals surface area contributed by atoms with Crippen molar-refractivity contribution in [3.8, 4) is 0 Å². The van der Waals surface area contributed by atoms with Gasteiger partial charge in [0.15, 0.2) is 5.65 Å². The van der Waals surface area contributed by atoms with Crippen molar-refractivity contribution >= 4 is 22.6 Å². The van der Waals surface area contributed by atoms with Crippen LogP contribution in [0.2, 0.25) is 0 Å². The minimum absolute atomic E-state index is 0.238. The van der Waals surface area contributed by atoms with Crippen LogP contribution in [0.3, 0.4) is 0 Å². The number of nitrogens with zero attached hydrogens (tertiary/aromatic N) is 3. The lowest BCUT2D eigenvalue weighted by atomic mass is 9.99. The van der Waals surface area contributed by atoms with Crippen molar-refractivity contribution in [3.05, 3.63) is 18.0 Å². The molecule has 1 aliphatic rings. The third-order valence-corrected chi connectivity index (χ3v) is 3.63. The second-order valence-electron chi connectivity index (χ2n) is 5.22. The Balaban J connectivity index is 1.87. The predicted octanol–water partition coefficient (Wildman–Crippen LogP) is 0.333. The summed E-state index contributed by atoms with van der Waals surface area (Å²) in [6.45, 7) is 2.67. The fourth-order valence-electron chi connectivity index (χ4n) is 2.39. The van der Waals surface area contributed by atoms with Gasteiger partial charge in [-0.2, -0.15) is 5.10 Å². The molecule has 3 rings (SSSR count). The number of hydrogen-bond acceptors (Lipinski definition) is 5. The van der Waals surface area contributed by atoms with E-state index in [4.69, 9.17) is 10.5 Å². The number of nitrogens with two attached hydrogens (primary N) is 1. The molecule has 20 heavy (non-hydrogen) atoms. The average molecular weight is 275 g/mol. The number of pyridine rings is 1. The van der Waals surface area contributed by atoms with E-state index in [1.165, 1.54) is 0 Å². The lowest BCUT2D eigenvalue weighted by Crippen LogP contribution is -2.51. The quantitative estimate of drug-likeness (QED) is 0.823. The van der Waals surface area contributed by atoms with E-state index >= 15 is 0 Å². The summed E-state index contributed by atoms with van der Waals surface area (Å²) in [5.41, 5.74) is 7.36. The third-order valence-electron chi connectivity index (χ3n) is 3.63. The van der Waals surface area contributed by atoms with E-state index in [1.807, 2.05) is 20.0 Å². The number of aryl methyl sites for hydroxylation is 2. The largest absolute Gasteiger partial charge is 0.379 e. The second-order valence-corrected chi connectivity index (χ2v) is 5.22. The normalized spacial score (nSPS) is 22.4. The Morgan fingerprint density at radius 3 is 3.10 bits per heavy atom. The van der Waals surface area contributed by atoms with Gasteiger partial charge in [-0.3, -0.25) is 9.48 Å². The standard InChI is InChI=1S/C13H17N5O2/c1-8-10-5-9(6-15-11(10)18(2)17-8)16-12(19)13(14)3-4-20-7-13/h5-6H,3-4,7,14H2,1-2H3,(H,16,19). The molecule has 7 nitrogen and oxygen atoms in total. The molecule has 0 saturated carbocycles. The molecule has 1 amide bonds. The second kappa shape index (κ2) is 4.53. The van der Waals surface area contributed by atoms with Gasteiger partial charge in [-0.1, -0.05) is 0 Å². The fraction of sp³-hybridized carbons (Fsp3) is 0.462. The Hall–Kier alpha value is -1.99. The predicted molar refractivity (Wildman–Crippen MR) is 74.2 cm³/mol. The number of fused-ring (bicyclic) bond motifs is 1. The van der Waals surface area contributed by atoms with Gasteiger partial charge in [0.2, 0.25) is 5.91 Å². The Morgan fingerprint density at radius 1 is 1.60 bits per heavy atom. The lowest BCUT2D eigenvalue weighted by molar-refractivity contribution is -0.121. The summed E-state index contributed by atoms with van der Waals surface area (Å²) >= 11 is 0. The van der Waals surface area contributed by atoms with E-state index in [2.05, 4.69) is 15.4 Å². The highest BCUT2D eigenvalue weighted by molar-refractivity contribution is 5.99. The molecule has 1 aliphatic heterocycles. The van der Waals surface area contributed by atoms with Gasteiger partial charge in [0.05, 0.1) is 24.2 Å². The zero-order chi connectivity index (χ0) is 14.3. The SMILES string of the molecule is Cc1nn(C)c2ncc(NC(=O)C3(N)CCOC3)cc12. The van der Waals surface area contributed by atoms with Gasteiger partial charge in [-0.25, -0.2) is 4.98 Å². The first-order chi connectivity index (χ1) is 9.49. The topological polar surface area (TPSA) is 95.1 Å². The zero-order valence-electron chi connectivity index (χ0n) is 11.5. The van der Waals surface area contributed by atoms with E-state index in [9.17, 15) is 4.79 Å². The molecule has 3 heterocycles. The highest BCUT2D eigenvalue weighted by Gasteiger charge is 2.38. The number of aromatic nitrogens is 3. The van der Waals surface area contributed by atoms with Crippen LogP contribution in [0.15, 0.2) is 12.3 Å². The summed E-state index contributed by atoms with van der Waals surface area (Å²) < 4.78 is 6.91. The van der Waals surface area contributed by atoms with Crippen molar-refractivity contribution in [1.29, 1.82) is 0 Å². The molecule has 3 N–H and O–H groups in total. The van der Waals surface area contributed by atoms with Gasteiger partial charge in [0.25, 0.3) is 0 Å². The van der Waals surface area contributed by atoms with Crippen molar-refractivity contribution in [3.63, 3.8) is 0 Å². The number of ether oxygens (including phenoxy) is 1. The lowest BCUT2D eigenvalue weighted by Gasteiger charge is -2.20.